The molecule has 1 aliphatic rings. The zero-order valence-corrected chi connectivity index (χ0v) is 24.7. The first-order valence-electron chi connectivity index (χ1n) is 15.0. The summed E-state index contributed by atoms with van der Waals surface area (Å²) in [4.78, 5) is 0. The molecule has 0 N–H and O–H groups in total. The standard InChI is InChI=1S/C42H36/c1-29-8-14-32(15-9-29)26-33-16-18-34(19-17-33)27-35-20-25-41-39(28-35)38-6-4-5-7-40(38)42(41,36-21-10-30(2)11-22-36)37-23-12-31(3)13-24-37/h4-25,28H,26-27H2,1-3H3. The van der Waals surface area contributed by atoms with Crippen molar-refractivity contribution in [3.05, 3.63) is 201 Å². The van der Waals surface area contributed by atoms with Crippen LogP contribution < -0.4 is 0 Å². The van der Waals surface area contributed by atoms with Crippen LogP contribution in [0.3, 0.4) is 0 Å². The van der Waals surface area contributed by atoms with E-state index in [1.54, 1.807) is 0 Å². The van der Waals surface area contributed by atoms with E-state index in [0.29, 0.717) is 0 Å². The first-order valence-corrected chi connectivity index (χ1v) is 15.0. The highest BCUT2D eigenvalue weighted by atomic mass is 14.5. The van der Waals surface area contributed by atoms with Gasteiger partial charge in [0.1, 0.15) is 0 Å². The number of fused-ring (bicyclic) bond motifs is 3. The molecule has 204 valence electrons. The van der Waals surface area contributed by atoms with Crippen molar-refractivity contribution in [3.8, 4) is 11.1 Å². The lowest BCUT2D eigenvalue weighted by Crippen LogP contribution is -2.28. The third-order valence-electron chi connectivity index (χ3n) is 9.04. The van der Waals surface area contributed by atoms with E-state index in [4.69, 9.17) is 0 Å². The molecule has 0 heterocycles. The summed E-state index contributed by atoms with van der Waals surface area (Å²) in [6.07, 6.45) is 1.89. The number of hydrogen-bond donors (Lipinski definition) is 0. The van der Waals surface area contributed by atoms with Crippen LogP contribution in [0.25, 0.3) is 11.1 Å². The van der Waals surface area contributed by atoms with E-state index in [2.05, 4.69) is 160 Å². The van der Waals surface area contributed by atoms with Crippen LogP contribution in [0.1, 0.15) is 61.2 Å². The monoisotopic (exact) mass is 540 g/mol. The molecule has 0 saturated carbocycles. The molecule has 0 unspecified atom stereocenters. The third-order valence-corrected chi connectivity index (χ3v) is 9.04. The molecular formula is C42H36. The van der Waals surface area contributed by atoms with Gasteiger partial charge in [0.2, 0.25) is 0 Å². The van der Waals surface area contributed by atoms with Crippen LogP contribution in [0.2, 0.25) is 0 Å². The summed E-state index contributed by atoms with van der Waals surface area (Å²) in [5.41, 5.74) is 17.0. The van der Waals surface area contributed by atoms with E-state index in [0.717, 1.165) is 12.8 Å². The fourth-order valence-electron chi connectivity index (χ4n) is 6.79. The minimum Gasteiger partial charge on any atom is -0.0619 e. The molecule has 7 rings (SSSR count). The van der Waals surface area contributed by atoms with Crippen molar-refractivity contribution in [1.82, 2.24) is 0 Å². The summed E-state index contributed by atoms with van der Waals surface area (Å²) in [5.74, 6) is 0. The SMILES string of the molecule is Cc1ccc(Cc2ccc(Cc3ccc4c(c3)-c3ccccc3C4(c3ccc(C)cc3)c3ccc(C)cc3)cc2)cc1. The predicted molar refractivity (Wildman–Crippen MR) is 176 cm³/mol. The van der Waals surface area contributed by atoms with E-state index >= 15 is 0 Å². The van der Waals surface area contributed by atoms with Crippen molar-refractivity contribution in [2.45, 2.75) is 39.0 Å². The maximum absolute atomic E-state index is 2.44. The van der Waals surface area contributed by atoms with Crippen molar-refractivity contribution in [2.24, 2.45) is 0 Å². The Kier molecular flexibility index (Phi) is 6.63. The second-order valence-corrected chi connectivity index (χ2v) is 12.1. The van der Waals surface area contributed by atoms with Crippen LogP contribution in [-0.4, -0.2) is 0 Å². The summed E-state index contributed by atoms with van der Waals surface area (Å²) < 4.78 is 0. The molecule has 0 nitrogen and oxygen atoms in total. The number of rotatable bonds is 6. The highest BCUT2D eigenvalue weighted by molar-refractivity contribution is 5.86. The zero-order chi connectivity index (χ0) is 28.7. The minimum atomic E-state index is -0.344. The van der Waals surface area contributed by atoms with Gasteiger partial charge in [-0.1, -0.05) is 156 Å². The second kappa shape index (κ2) is 10.6. The van der Waals surface area contributed by atoms with Crippen molar-refractivity contribution in [1.29, 1.82) is 0 Å². The van der Waals surface area contributed by atoms with Gasteiger partial charge in [0.05, 0.1) is 5.41 Å². The number of aryl methyl sites for hydroxylation is 3. The molecule has 0 aliphatic heterocycles. The first kappa shape index (κ1) is 26.2. The topological polar surface area (TPSA) is 0 Å². The van der Waals surface area contributed by atoms with Crippen LogP contribution in [-0.2, 0) is 18.3 Å². The van der Waals surface area contributed by atoms with Crippen LogP contribution in [0.4, 0.5) is 0 Å². The quantitative estimate of drug-likeness (QED) is 0.197. The molecule has 0 aromatic heterocycles. The van der Waals surface area contributed by atoms with Gasteiger partial charge in [-0.15, -0.1) is 0 Å². The first-order chi connectivity index (χ1) is 20.5. The van der Waals surface area contributed by atoms with Crippen LogP contribution in [0.15, 0.2) is 140 Å². The average Bonchev–Trinajstić information content (AvgIpc) is 3.31. The van der Waals surface area contributed by atoms with E-state index in [-0.39, 0.29) is 5.41 Å². The Morgan fingerprint density at radius 3 is 1.33 bits per heavy atom. The van der Waals surface area contributed by atoms with Gasteiger partial charge >= 0.3 is 0 Å². The Labute approximate surface area is 250 Å². The van der Waals surface area contributed by atoms with Gasteiger partial charge in [0.25, 0.3) is 0 Å². The molecule has 0 spiro atoms. The van der Waals surface area contributed by atoms with E-state index in [1.165, 1.54) is 72.3 Å². The average molecular weight is 541 g/mol. The minimum absolute atomic E-state index is 0.344. The number of hydrogen-bond acceptors (Lipinski definition) is 0. The Morgan fingerprint density at radius 2 is 0.786 bits per heavy atom. The molecule has 1 aliphatic carbocycles. The Morgan fingerprint density at radius 1 is 0.381 bits per heavy atom. The van der Waals surface area contributed by atoms with Gasteiger partial charge in [-0.2, -0.15) is 0 Å². The highest BCUT2D eigenvalue weighted by Crippen LogP contribution is 2.56. The van der Waals surface area contributed by atoms with Crippen LogP contribution in [0.5, 0.6) is 0 Å². The Hall–Kier alpha value is -4.68. The summed E-state index contributed by atoms with van der Waals surface area (Å²) in [5, 5.41) is 0. The van der Waals surface area contributed by atoms with Gasteiger partial charge in [0.15, 0.2) is 0 Å². The van der Waals surface area contributed by atoms with Crippen molar-refractivity contribution >= 4 is 0 Å². The molecule has 6 aromatic carbocycles. The second-order valence-electron chi connectivity index (χ2n) is 12.1. The van der Waals surface area contributed by atoms with Crippen LogP contribution in [0, 0.1) is 20.8 Å². The van der Waals surface area contributed by atoms with E-state index < -0.39 is 0 Å². The normalized spacial score (nSPS) is 13.0. The van der Waals surface area contributed by atoms with Gasteiger partial charge in [0, 0.05) is 0 Å². The molecule has 0 fully saturated rings. The van der Waals surface area contributed by atoms with Crippen molar-refractivity contribution in [3.63, 3.8) is 0 Å². The maximum Gasteiger partial charge on any atom is 0.0713 e. The highest BCUT2D eigenvalue weighted by Gasteiger charge is 2.45. The van der Waals surface area contributed by atoms with E-state index in [1.807, 2.05) is 0 Å². The summed E-state index contributed by atoms with van der Waals surface area (Å²) in [7, 11) is 0. The predicted octanol–water partition coefficient (Wildman–Crippen LogP) is 10.2. The van der Waals surface area contributed by atoms with Gasteiger partial charge in [-0.25, -0.2) is 0 Å². The van der Waals surface area contributed by atoms with Crippen molar-refractivity contribution in [2.75, 3.05) is 0 Å². The molecule has 0 heteroatoms. The Bertz CT molecular complexity index is 1810. The molecule has 0 saturated heterocycles. The smallest absolute Gasteiger partial charge is 0.0619 e. The molecular weight excluding hydrogens is 504 g/mol. The van der Waals surface area contributed by atoms with Gasteiger partial charge in [-0.05, 0) is 89.2 Å². The Balaban J connectivity index is 1.28. The molecule has 42 heavy (non-hydrogen) atoms. The zero-order valence-electron chi connectivity index (χ0n) is 24.7. The summed E-state index contributed by atoms with van der Waals surface area (Å²) >= 11 is 0. The van der Waals surface area contributed by atoms with Crippen LogP contribution >= 0.6 is 0 Å². The fourth-order valence-corrected chi connectivity index (χ4v) is 6.79. The molecule has 6 aromatic rings. The maximum atomic E-state index is 2.44. The molecule has 0 atom stereocenters. The summed E-state index contributed by atoms with van der Waals surface area (Å²) in [6.45, 7) is 6.47. The largest absolute Gasteiger partial charge is 0.0713 e. The van der Waals surface area contributed by atoms with Gasteiger partial charge in [-0.3, -0.25) is 0 Å². The fraction of sp³-hybridized carbons (Fsp3) is 0.143. The lowest BCUT2D eigenvalue weighted by molar-refractivity contribution is 0.767. The lowest BCUT2D eigenvalue weighted by Gasteiger charge is -2.34. The summed E-state index contributed by atoms with van der Waals surface area (Å²) in [6, 6.07) is 52.6. The molecule has 0 radical (unpaired) electrons. The third kappa shape index (κ3) is 4.58. The van der Waals surface area contributed by atoms with E-state index in [9.17, 15) is 0 Å². The van der Waals surface area contributed by atoms with Gasteiger partial charge < -0.3 is 0 Å². The van der Waals surface area contributed by atoms with Crippen molar-refractivity contribution < 1.29 is 0 Å². The molecule has 0 bridgehead atoms. The lowest BCUT2D eigenvalue weighted by atomic mass is 9.67. The molecule has 0 amide bonds. The number of benzene rings is 6.